The van der Waals surface area contributed by atoms with Crippen molar-refractivity contribution in [2.45, 2.75) is 48.9 Å². The van der Waals surface area contributed by atoms with E-state index in [0.29, 0.717) is 39.7 Å². The highest BCUT2D eigenvalue weighted by Crippen LogP contribution is 2.64. The van der Waals surface area contributed by atoms with E-state index in [1.165, 1.54) is 30.6 Å². The summed E-state index contributed by atoms with van der Waals surface area (Å²) in [7, 11) is 0. The molecule has 0 spiro atoms. The van der Waals surface area contributed by atoms with Crippen LogP contribution in [0.3, 0.4) is 0 Å². The summed E-state index contributed by atoms with van der Waals surface area (Å²) in [6.07, 6.45) is 3.74. The van der Waals surface area contributed by atoms with Gasteiger partial charge in [0.25, 0.3) is 0 Å². The molecule has 2 aromatic rings. The fraction of sp³-hybridized carbons (Fsp3) is 0.524. The molecule has 2 saturated carbocycles. The maximum atomic E-state index is 12.9. The monoisotopic (exact) mass is 469 g/mol. The standard InChI is InChI=1S/C21H21Cl2NO3S2/c1-2-27-14(25)9-24-20-19(29-21(24)26)16(12-4-3-5-13(22)17(12)23)15-10-6-7-11(8-10)18(15)28-20/h3-5,10-11,15-16,18H,2,6-9H2,1H3. The van der Waals surface area contributed by atoms with E-state index >= 15 is 0 Å². The highest BCUT2D eigenvalue weighted by atomic mass is 35.5. The van der Waals surface area contributed by atoms with Gasteiger partial charge in [-0.1, -0.05) is 46.7 Å². The van der Waals surface area contributed by atoms with Gasteiger partial charge in [-0.2, -0.15) is 0 Å². The van der Waals surface area contributed by atoms with Crippen LogP contribution in [-0.2, 0) is 16.1 Å². The third kappa shape index (κ3) is 3.18. The van der Waals surface area contributed by atoms with Crippen molar-refractivity contribution < 1.29 is 9.53 Å². The Bertz CT molecular complexity index is 1030. The van der Waals surface area contributed by atoms with E-state index in [4.69, 9.17) is 27.9 Å². The summed E-state index contributed by atoms with van der Waals surface area (Å²) in [5.74, 6) is 1.45. The van der Waals surface area contributed by atoms with Crippen molar-refractivity contribution in [1.82, 2.24) is 4.57 Å². The number of halogens is 2. The van der Waals surface area contributed by atoms with Crippen molar-refractivity contribution in [1.29, 1.82) is 0 Å². The molecule has 3 aliphatic rings. The number of thiazole rings is 1. The SMILES string of the molecule is CCOC(=O)Cn1c2c(sc1=O)C(c1cccc(Cl)c1Cl)C1C3CCC(C3)C1S2. The number of carbonyl (C=O) groups is 1. The number of thioether (sulfide) groups is 1. The maximum Gasteiger partial charge on any atom is 0.326 e. The number of aromatic nitrogens is 1. The zero-order chi connectivity index (χ0) is 20.3. The minimum absolute atomic E-state index is 0.0347. The van der Waals surface area contributed by atoms with Crippen molar-refractivity contribution in [3.05, 3.63) is 48.4 Å². The lowest BCUT2D eigenvalue weighted by atomic mass is 9.75. The van der Waals surface area contributed by atoms with Crippen LogP contribution in [0.1, 0.15) is 42.5 Å². The lowest BCUT2D eigenvalue weighted by Gasteiger charge is -2.40. The molecular formula is C21H21Cl2NO3S2. The average molecular weight is 470 g/mol. The molecule has 8 heteroatoms. The third-order valence-electron chi connectivity index (χ3n) is 6.60. The second kappa shape index (κ2) is 7.63. The molecule has 4 nitrogen and oxygen atoms in total. The van der Waals surface area contributed by atoms with Gasteiger partial charge in [-0.05, 0) is 55.6 Å². The highest BCUT2D eigenvalue weighted by Gasteiger charge is 2.55. The molecule has 5 rings (SSSR count). The van der Waals surface area contributed by atoms with E-state index in [-0.39, 0.29) is 23.3 Å². The average Bonchev–Trinajstić information content (AvgIpc) is 3.38. The molecule has 5 unspecified atom stereocenters. The van der Waals surface area contributed by atoms with Gasteiger partial charge < -0.3 is 4.74 Å². The normalized spacial score (nSPS) is 29.6. The zero-order valence-corrected chi connectivity index (χ0v) is 19.0. The quantitative estimate of drug-likeness (QED) is 0.559. The third-order valence-corrected chi connectivity index (χ3v) is 10.3. The van der Waals surface area contributed by atoms with E-state index in [9.17, 15) is 9.59 Å². The Balaban J connectivity index is 1.65. The van der Waals surface area contributed by atoms with Crippen molar-refractivity contribution in [2.75, 3.05) is 6.61 Å². The Labute approximate surface area is 187 Å². The van der Waals surface area contributed by atoms with Gasteiger partial charge >= 0.3 is 10.8 Å². The summed E-state index contributed by atoms with van der Waals surface area (Å²) in [5.41, 5.74) is 1.01. The Kier molecular flexibility index (Phi) is 5.26. The number of esters is 1. The van der Waals surface area contributed by atoms with Crippen LogP contribution in [0.25, 0.3) is 0 Å². The number of carbonyl (C=O) groups excluding carboxylic acids is 1. The van der Waals surface area contributed by atoms with E-state index in [2.05, 4.69) is 0 Å². The molecule has 1 aromatic heterocycles. The Morgan fingerprint density at radius 2 is 2.07 bits per heavy atom. The summed E-state index contributed by atoms with van der Waals surface area (Å²) >= 11 is 16.1. The number of hydrogen-bond donors (Lipinski definition) is 0. The maximum absolute atomic E-state index is 12.9. The fourth-order valence-electron chi connectivity index (χ4n) is 5.53. The molecule has 1 aromatic carbocycles. The summed E-state index contributed by atoms with van der Waals surface area (Å²) in [4.78, 5) is 25.9. The van der Waals surface area contributed by atoms with Crippen LogP contribution < -0.4 is 4.87 Å². The topological polar surface area (TPSA) is 48.3 Å². The minimum Gasteiger partial charge on any atom is -0.465 e. The highest BCUT2D eigenvalue weighted by molar-refractivity contribution is 8.00. The zero-order valence-electron chi connectivity index (χ0n) is 15.9. The van der Waals surface area contributed by atoms with Crippen LogP contribution in [0, 0.1) is 17.8 Å². The molecule has 2 fully saturated rings. The largest absolute Gasteiger partial charge is 0.465 e. The summed E-state index contributed by atoms with van der Waals surface area (Å²) in [6.45, 7) is 2.05. The molecule has 0 N–H and O–H groups in total. The van der Waals surface area contributed by atoms with Gasteiger partial charge in [0, 0.05) is 16.0 Å². The molecule has 0 amide bonds. The first-order valence-corrected chi connectivity index (χ1v) is 12.4. The number of fused-ring (bicyclic) bond motifs is 6. The molecular weight excluding hydrogens is 449 g/mol. The van der Waals surface area contributed by atoms with Crippen LogP contribution >= 0.6 is 46.3 Å². The molecule has 1 aliphatic heterocycles. The van der Waals surface area contributed by atoms with Gasteiger partial charge in [-0.15, -0.1) is 11.8 Å². The lowest BCUT2D eigenvalue weighted by Crippen LogP contribution is -2.34. The molecule has 2 aliphatic carbocycles. The molecule has 0 radical (unpaired) electrons. The molecule has 2 bridgehead atoms. The van der Waals surface area contributed by atoms with Crippen molar-refractivity contribution >= 4 is 52.3 Å². The molecule has 5 atom stereocenters. The fourth-order valence-corrected chi connectivity index (χ4v) is 9.10. The minimum atomic E-state index is -0.372. The van der Waals surface area contributed by atoms with Gasteiger partial charge in [0.05, 0.1) is 21.7 Å². The molecule has 29 heavy (non-hydrogen) atoms. The number of hydrogen-bond acceptors (Lipinski definition) is 5. The van der Waals surface area contributed by atoms with Crippen LogP contribution in [0.5, 0.6) is 0 Å². The van der Waals surface area contributed by atoms with Gasteiger partial charge in [-0.25, -0.2) is 0 Å². The van der Waals surface area contributed by atoms with E-state index in [1.807, 2.05) is 12.1 Å². The van der Waals surface area contributed by atoms with Gasteiger partial charge in [0.1, 0.15) is 6.54 Å². The van der Waals surface area contributed by atoms with Gasteiger partial charge in [0.2, 0.25) is 0 Å². The number of rotatable bonds is 4. The first-order chi connectivity index (χ1) is 14.0. The second-order valence-corrected chi connectivity index (χ2v) is 11.0. The second-order valence-electron chi connectivity index (χ2n) is 8.04. The predicted molar refractivity (Wildman–Crippen MR) is 117 cm³/mol. The first kappa shape index (κ1) is 20.0. The Hall–Kier alpha value is -0.950. The van der Waals surface area contributed by atoms with E-state index in [0.717, 1.165) is 15.5 Å². The van der Waals surface area contributed by atoms with Crippen molar-refractivity contribution in [3.8, 4) is 0 Å². The molecule has 154 valence electrons. The smallest absolute Gasteiger partial charge is 0.326 e. The van der Waals surface area contributed by atoms with Gasteiger partial charge in [-0.3, -0.25) is 14.2 Å². The van der Waals surface area contributed by atoms with E-state index in [1.54, 1.807) is 29.3 Å². The summed E-state index contributed by atoms with van der Waals surface area (Å²) in [5, 5.41) is 2.49. The Morgan fingerprint density at radius 1 is 1.28 bits per heavy atom. The molecule has 2 heterocycles. The van der Waals surface area contributed by atoms with Crippen LogP contribution in [0.15, 0.2) is 28.0 Å². The lowest BCUT2D eigenvalue weighted by molar-refractivity contribution is -0.144. The van der Waals surface area contributed by atoms with Crippen LogP contribution in [0.2, 0.25) is 10.0 Å². The number of benzene rings is 1. The summed E-state index contributed by atoms with van der Waals surface area (Å²) < 4.78 is 6.71. The summed E-state index contributed by atoms with van der Waals surface area (Å²) in [6, 6.07) is 5.78. The molecule has 0 saturated heterocycles. The van der Waals surface area contributed by atoms with Crippen molar-refractivity contribution in [3.63, 3.8) is 0 Å². The van der Waals surface area contributed by atoms with Crippen molar-refractivity contribution in [2.24, 2.45) is 17.8 Å². The first-order valence-electron chi connectivity index (χ1n) is 9.99. The number of ether oxygens (including phenoxy) is 1. The van der Waals surface area contributed by atoms with E-state index < -0.39 is 0 Å². The Morgan fingerprint density at radius 3 is 2.86 bits per heavy atom. The van der Waals surface area contributed by atoms with Crippen LogP contribution in [0.4, 0.5) is 0 Å². The number of nitrogens with zero attached hydrogens (tertiary/aromatic N) is 1. The van der Waals surface area contributed by atoms with Gasteiger partial charge in [0.15, 0.2) is 0 Å². The predicted octanol–water partition coefficient (Wildman–Crippen LogP) is 5.43. The van der Waals surface area contributed by atoms with Crippen LogP contribution in [-0.4, -0.2) is 22.4 Å².